The molecule has 0 aliphatic heterocycles. The van der Waals surface area contributed by atoms with Crippen molar-refractivity contribution in [2.75, 3.05) is 0 Å². The van der Waals surface area contributed by atoms with Crippen LogP contribution in [-0.4, -0.2) is 14.5 Å². The Hall–Kier alpha value is -4.76. The molecule has 2 aromatic heterocycles. The number of hydrogen-bond acceptors (Lipinski definition) is 2. The molecule has 9 rings (SSSR count). The van der Waals surface area contributed by atoms with E-state index in [1.807, 2.05) is 0 Å². The van der Waals surface area contributed by atoms with Gasteiger partial charge in [-0.3, -0.25) is 9.97 Å². The summed E-state index contributed by atoms with van der Waals surface area (Å²) < 4.78 is 2.48. The van der Waals surface area contributed by atoms with Crippen LogP contribution in [0.15, 0.2) is 103 Å². The smallest absolute Gasteiger partial charge is 0.0971 e. The number of hydrogen-bond donors (Lipinski definition) is 0. The van der Waals surface area contributed by atoms with Gasteiger partial charge in [-0.25, -0.2) is 0 Å². The van der Waals surface area contributed by atoms with Crippen LogP contribution in [0.5, 0.6) is 0 Å². The van der Waals surface area contributed by atoms with E-state index in [0.29, 0.717) is 11.8 Å². The highest BCUT2D eigenvalue weighted by atomic mass is 15.0. The van der Waals surface area contributed by atoms with Crippen molar-refractivity contribution in [2.24, 2.45) is 5.92 Å². The summed E-state index contributed by atoms with van der Waals surface area (Å²) >= 11 is 0. The van der Waals surface area contributed by atoms with Crippen molar-refractivity contribution in [2.45, 2.75) is 25.2 Å². The van der Waals surface area contributed by atoms with Gasteiger partial charge in [0.15, 0.2) is 0 Å². The molecule has 0 saturated carbocycles. The van der Waals surface area contributed by atoms with E-state index in [4.69, 9.17) is 9.97 Å². The summed E-state index contributed by atoms with van der Waals surface area (Å²) in [5.41, 5.74) is 7.35. The van der Waals surface area contributed by atoms with Gasteiger partial charge in [0, 0.05) is 45.4 Å². The first-order valence-electron chi connectivity index (χ1n) is 14.1. The number of aromatic nitrogens is 3. The van der Waals surface area contributed by atoms with E-state index >= 15 is 0 Å². The molecule has 5 aromatic carbocycles. The zero-order chi connectivity index (χ0) is 26.6. The molecule has 2 heterocycles. The molecule has 190 valence electrons. The van der Waals surface area contributed by atoms with Crippen molar-refractivity contribution in [1.29, 1.82) is 0 Å². The summed E-state index contributed by atoms with van der Waals surface area (Å²) in [5.74, 6) is 0.796. The molecule has 2 aliphatic carbocycles. The molecule has 0 saturated heterocycles. The predicted octanol–water partition coefficient (Wildman–Crippen LogP) is 7.15. The molecule has 3 nitrogen and oxygen atoms in total. The second-order valence-corrected chi connectivity index (χ2v) is 11.9. The lowest BCUT2D eigenvalue weighted by Gasteiger charge is -2.29. The molecule has 0 amide bonds. The van der Waals surface area contributed by atoms with E-state index < -0.39 is 0 Å². The highest BCUT2D eigenvalue weighted by molar-refractivity contribution is 6.23. The Labute approximate surface area is 231 Å². The van der Waals surface area contributed by atoms with Gasteiger partial charge in [-0.15, -0.1) is 0 Å². The van der Waals surface area contributed by atoms with Crippen molar-refractivity contribution in [3.8, 4) is 5.69 Å². The molecule has 0 spiro atoms. The molecule has 0 radical (unpaired) electrons. The van der Waals surface area contributed by atoms with Crippen LogP contribution in [-0.2, 0) is 5.41 Å². The van der Waals surface area contributed by atoms with Gasteiger partial charge in [-0.1, -0.05) is 98.8 Å². The zero-order valence-electron chi connectivity index (χ0n) is 22.5. The van der Waals surface area contributed by atoms with Crippen LogP contribution in [0, 0.1) is 5.92 Å². The summed E-state index contributed by atoms with van der Waals surface area (Å²) in [4.78, 5) is 9.48. The minimum absolute atomic E-state index is 0.0634. The molecule has 40 heavy (non-hydrogen) atoms. The predicted molar refractivity (Wildman–Crippen MR) is 165 cm³/mol. The van der Waals surface area contributed by atoms with Crippen LogP contribution in [0.25, 0.3) is 61.3 Å². The molecule has 2 aliphatic rings. The Bertz CT molecular complexity index is 2290. The molecule has 2 unspecified atom stereocenters. The zero-order valence-corrected chi connectivity index (χ0v) is 22.5. The fraction of sp³-hybridized carbons (Fsp3) is 0.135. The number of para-hydroxylation sites is 1. The molecular weight excluding hydrogens is 486 g/mol. The van der Waals surface area contributed by atoms with Crippen LogP contribution < -0.4 is 10.6 Å². The molecule has 7 aromatic rings. The van der Waals surface area contributed by atoms with Gasteiger partial charge in [-0.05, 0) is 51.4 Å². The molecule has 0 bridgehead atoms. The quantitative estimate of drug-likeness (QED) is 0.218. The lowest BCUT2D eigenvalue weighted by molar-refractivity contribution is 0.421. The third-order valence-corrected chi connectivity index (χ3v) is 9.56. The van der Waals surface area contributed by atoms with E-state index in [-0.39, 0.29) is 5.41 Å². The van der Waals surface area contributed by atoms with Gasteiger partial charge in [0.05, 0.1) is 21.9 Å². The van der Waals surface area contributed by atoms with E-state index in [1.54, 1.807) is 12.4 Å². The highest BCUT2D eigenvalue weighted by Gasteiger charge is 2.45. The summed E-state index contributed by atoms with van der Waals surface area (Å²) in [5, 5.41) is 8.65. The van der Waals surface area contributed by atoms with Crippen molar-refractivity contribution in [3.05, 3.63) is 125 Å². The van der Waals surface area contributed by atoms with E-state index in [0.717, 1.165) is 21.8 Å². The average Bonchev–Trinajstić information content (AvgIpc) is 3.45. The van der Waals surface area contributed by atoms with Crippen LogP contribution >= 0.6 is 0 Å². The summed E-state index contributed by atoms with van der Waals surface area (Å²) in [7, 11) is 0. The monoisotopic (exact) mass is 513 g/mol. The SMILES string of the molecule is CC1(C)c2ccccc2C2C=c3c(n(-c4ccc5c(c4)c4ccccc4c4nccnc54)c4ccccc34)=CC21. The second kappa shape index (κ2) is 7.67. The van der Waals surface area contributed by atoms with Crippen molar-refractivity contribution in [1.82, 2.24) is 14.5 Å². The Morgan fingerprint density at radius 2 is 1.32 bits per heavy atom. The average molecular weight is 514 g/mol. The van der Waals surface area contributed by atoms with Crippen molar-refractivity contribution >= 4 is 55.6 Å². The topological polar surface area (TPSA) is 30.7 Å². The first-order valence-corrected chi connectivity index (χ1v) is 14.1. The van der Waals surface area contributed by atoms with Gasteiger partial charge in [0.2, 0.25) is 0 Å². The highest BCUT2D eigenvalue weighted by Crippen LogP contribution is 2.52. The summed E-state index contributed by atoms with van der Waals surface area (Å²) in [6.45, 7) is 4.82. The summed E-state index contributed by atoms with van der Waals surface area (Å²) in [6.07, 6.45) is 8.69. The van der Waals surface area contributed by atoms with Gasteiger partial charge in [0.1, 0.15) is 0 Å². The van der Waals surface area contributed by atoms with Crippen LogP contribution in [0.4, 0.5) is 0 Å². The van der Waals surface area contributed by atoms with Gasteiger partial charge in [0.25, 0.3) is 0 Å². The summed E-state index contributed by atoms with van der Waals surface area (Å²) in [6, 6.07) is 33.3. The second-order valence-electron chi connectivity index (χ2n) is 11.9. The maximum Gasteiger partial charge on any atom is 0.0971 e. The molecular formula is C37H27N3. The molecule has 3 heteroatoms. The lowest BCUT2D eigenvalue weighted by atomic mass is 9.74. The number of benzene rings is 5. The molecule has 0 fully saturated rings. The first-order chi connectivity index (χ1) is 19.6. The van der Waals surface area contributed by atoms with Crippen molar-refractivity contribution < 1.29 is 0 Å². The maximum absolute atomic E-state index is 4.76. The standard InChI is InChI=1S/C37H27N3/c1-37(2)31-13-7-5-10-24(31)29-20-30-25-11-6-8-14-33(25)40(34(30)21-32(29)37)22-15-16-27-28(19-22)23-9-3-4-12-26(23)35-36(27)39-18-17-38-35/h3-21,29,32H,1-2H3. The third-order valence-electron chi connectivity index (χ3n) is 9.56. The maximum atomic E-state index is 4.76. The minimum Gasteiger partial charge on any atom is -0.310 e. The Kier molecular flexibility index (Phi) is 4.24. The van der Waals surface area contributed by atoms with Crippen LogP contribution in [0.3, 0.4) is 0 Å². The van der Waals surface area contributed by atoms with Crippen LogP contribution in [0.2, 0.25) is 0 Å². The van der Waals surface area contributed by atoms with Crippen molar-refractivity contribution in [3.63, 3.8) is 0 Å². The largest absolute Gasteiger partial charge is 0.310 e. The minimum atomic E-state index is 0.0634. The van der Waals surface area contributed by atoms with Gasteiger partial charge < -0.3 is 4.57 Å². The third kappa shape index (κ3) is 2.74. The fourth-order valence-electron chi connectivity index (χ4n) is 7.71. The fourth-order valence-corrected chi connectivity index (χ4v) is 7.71. The Balaban J connectivity index is 1.39. The molecule has 0 N–H and O–H groups in total. The lowest BCUT2D eigenvalue weighted by Crippen LogP contribution is -2.37. The van der Waals surface area contributed by atoms with E-state index in [2.05, 4.69) is 122 Å². The van der Waals surface area contributed by atoms with E-state index in [1.165, 1.54) is 49.1 Å². The number of rotatable bonds is 1. The van der Waals surface area contributed by atoms with Crippen LogP contribution in [0.1, 0.15) is 30.9 Å². The molecule has 2 atom stereocenters. The number of fused-ring (bicyclic) bond motifs is 12. The van der Waals surface area contributed by atoms with Gasteiger partial charge >= 0.3 is 0 Å². The Morgan fingerprint density at radius 1 is 0.650 bits per heavy atom. The first kappa shape index (κ1) is 22.1. The van der Waals surface area contributed by atoms with E-state index in [9.17, 15) is 0 Å². The Morgan fingerprint density at radius 3 is 2.15 bits per heavy atom. The normalized spacial score (nSPS) is 18.9. The van der Waals surface area contributed by atoms with Gasteiger partial charge in [-0.2, -0.15) is 0 Å². The number of nitrogens with zero attached hydrogens (tertiary/aromatic N) is 3.